The van der Waals surface area contributed by atoms with Gasteiger partial charge in [-0.2, -0.15) is 0 Å². The van der Waals surface area contributed by atoms with Crippen LogP contribution in [0.2, 0.25) is 0 Å². The van der Waals surface area contributed by atoms with Crippen molar-refractivity contribution in [2.75, 3.05) is 24.5 Å². The van der Waals surface area contributed by atoms with Gasteiger partial charge in [0.2, 0.25) is 29.5 Å². The first-order valence-electron chi connectivity index (χ1n) is 22.5. The van der Waals surface area contributed by atoms with E-state index in [1.54, 1.807) is 4.90 Å². The number of rotatable bonds is 22. The van der Waals surface area contributed by atoms with Crippen LogP contribution in [0, 0.1) is 0 Å². The lowest BCUT2D eigenvalue weighted by Gasteiger charge is -2.43. The second-order valence-corrected chi connectivity index (χ2v) is 17.2. The van der Waals surface area contributed by atoms with E-state index in [0.717, 1.165) is 13.8 Å². The molecule has 3 aliphatic rings. The number of hydrogen-bond acceptors (Lipinski definition) is 20. The number of piperidine rings is 1. The number of nitrogens with zero attached hydrogens (tertiary/aromatic N) is 4. The molecule has 28 heteroatoms. The molecule has 28 nitrogen and oxygen atoms in total. The number of carboxylic acid groups (broad SMARTS) is 1. The molecule has 10 atom stereocenters. The topological polar surface area (TPSA) is 452 Å². The normalized spacial score (nSPS) is 20.6. The van der Waals surface area contributed by atoms with Gasteiger partial charge < -0.3 is 68.9 Å². The molecule has 0 radical (unpaired) electrons. The van der Waals surface area contributed by atoms with E-state index in [1.807, 2.05) is 0 Å². The van der Waals surface area contributed by atoms with Crippen molar-refractivity contribution in [3.63, 3.8) is 0 Å². The molecule has 1 saturated heterocycles. The first-order valence-corrected chi connectivity index (χ1v) is 22.5. The molecule has 0 saturated carbocycles. The second kappa shape index (κ2) is 24.6. The van der Waals surface area contributed by atoms with Crippen molar-refractivity contribution in [3.05, 3.63) is 17.7 Å². The number of nitrogens with one attached hydrogen (secondary N) is 5. The van der Waals surface area contributed by atoms with Gasteiger partial charge >= 0.3 is 5.97 Å². The third-order valence-electron chi connectivity index (χ3n) is 11.8. The summed E-state index contributed by atoms with van der Waals surface area (Å²) in [6.45, 7) is 3.55. The number of nitrogens with two attached hydrogens (primary N) is 3. The first-order chi connectivity index (χ1) is 32.8. The lowest BCUT2D eigenvalue weighted by molar-refractivity contribution is -0.173. The molecule has 1 aromatic rings. The number of imide groups is 3. The number of hydrogen-bond donors (Lipinski definition) is 14. The number of phenolic OH excluding ortho intramolecular Hbond substituents is 2. The quantitative estimate of drug-likeness (QED) is 0.0293. The van der Waals surface area contributed by atoms with Crippen molar-refractivity contribution in [1.82, 2.24) is 36.5 Å². The Hall–Kier alpha value is -6.85. The summed E-state index contributed by atoms with van der Waals surface area (Å²) in [7, 11) is 0. The fourth-order valence-corrected chi connectivity index (χ4v) is 7.90. The van der Waals surface area contributed by atoms with Crippen molar-refractivity contribution < 1.29 is 78.7 Å². The molecule has 1 fully saturated rings. The summed E-state index contributed by atoms with van der Waals surface area (Å²) in [6, 6.07) is -8.98. The summed E-state index contributed by atoms with van der Waals surface area (Å²) in [5, 5.41) is 72.8. The minimum absolute atomic E-state index is 0.0162. The highest BCUT2D eigenvalue weighted by Gasteiger charge is 2.44. The van der Waals surface area contributed by atoms with E-state index in [-0.39, 0.29) is 75.9 Å². The maximum atomic E-state index is 14.2. The monoisotopic (exact) mass is 990 g/mol. The van der Waals surface area contributed by atoms with Gasteiger partial charge in [0.05, 0.1) is 36.0 Å². The third kappa shape index (κ3) is 13.9. The number of unbranched alkanes of at least 4 members (excludes halogenated alkanes) is 1. The average molecular weight is 991 g/mol. The Morgan fingerprint density at radius 1 is 0.871 bits per heavy atom. The predicted molar refractivity (Wildman–Crippen MR) is 241 cm³/mol. The smallest absolute Gasteiger partial charge is 0.334 e. The zero-order chi connectivity index (χ0) is 52.3. The highest BCUT2D eigenvalue weighted by molar-refractivity contribution is 6.16. The molecule has 70 heavy (non-hydrogen) atoms. The van der Waals surface area contributed by atoms with E-state index in [0.29, 0.717) is 28.6 Å². The van der Waals surface area contributed by atoms with Gasteiger partial charge in [-0.1, -0.05) is 0 Å². The summed E-state index contributed by atoms with van der Waals surface area (Å²) in [4.78, 5) is 136. The van der Waals surface area contributed by atoms with Gasteiger partial charge in [0.25, 0.3) is 23.6 Å². The molecule has 3 heterocycles. The maximum Gasteiger partial charge on any atom is 0.334 e. The lowest BCUT2D eigenvalue weighted by atomic mass is 9.92. The van der Waals surface area contributed by atoms with Crippen LogP contribution in [0.1, 0.15) is 77.7 Å². The number of carbonyl (C=O) groups is 10. The largest absolute Gasteiger partial charge is 0.504 e. The number of phenols is 2. The van der Waals surface area contributed by atoms with Gasteiger partial charge in [-0.15, -0.1) is 0 Å². The van der Waals surface area contributed by atoms with Crippen molar-refractivity contribution in [1.29, 1.82) is 0 Å². The minimum atomic E-state index is -2.34. The Bertz CT molecular complexity index is 2230. The molecular weight excluding hydrogens is 929 g/mol. The van der Waals surface area contributed by atoms with Crippen molar-refractivity contribution in [2.45, 2.75) is 139 Å². The number of aliphatic hydroxyl groups excluding tert-OH is 2. The van der Waals surface area contributed by atoms with Crippen LogP contribution >= 0.6 is 0 Å². The number of fused-ring (bicyclic) bond motifs is 3. The zero-order valence-corrected chi connectivity index (χ0v) is 38.7. The van der Waals surface area contributed by atoms with Crippen molar-refractivity contribution >= 4 is 70.7 Å². The summed E-state index contributed by atoms with van der Waals surface area (Å²) >= 11 is 0. The zero-order valence-electron chi connectivity index (χ0n) is 38.7. The Balaban J connectivity index is 1.46. The number of aliphatic hydroxyl groups is 2. The van der Waals surface area contributed by atoms with Gasteiger partial charge in [0, 0.05) is 45.0 Å². The average Bonchev–Trinajstić information content (AvgIpc) is 3.30. The summed E-state index contributed by atoms with van der Waals surface area (Å²) in [5.74, 6) is -11.4. The molecule has 3 aliphatic heterocycles. The van der Waals surface area contributed by atoms with E-state index in [1.165, 1.54) is 19.1 Å². The number of benzene rings is 1. The van der Waals surface area contributed by atoms with Crippen molar-refractivity contribution in [2.24, 2.45) is 22.2 Å². The minimum Gasteiger partial charge on any atom is -0.504 e. The molecule has 0 unspecified atom stereocenters. The van der Waals surface area contributed by atoms with Crippen LogP contribution in [0.3, 0.4) is 0 Å². The molecule has 0 spiro atoms. The van der Waals surface area contributed by atoms with Crippen LogP contribution in [0.5, 0.6) is 11.5 Å². The van der Waals surface area contributed by atoms with E-state index >= 15 is 0 Å². The number of amides is 9. The summed E-state index contributed by atoms with van der Waals surface area (Å²) < 4.78 is 0. The molecule has 9 amide bonds. The maximum absolute atomic E-state index is 14.2. The molecule has 1 aromatic carbocycles. The lowest BCUT2D eigenvalue weighted by Crippen LogP contribution is -2.64. The Kier molecular flexibility index (Phi) is 19.6. The first kappa shape index (κ1) is 55.7. The number of hydroxylamine groups is 2. The number of aliphatic imine (C=N–C) groups is 1. The van der Waals surface area contributed by atoms with E-state index < -0.39 is 131 Å². The number of primary amides is 1. The number of carboxylic acids is 1. The van der Waals surface area contributed by atoms with E-state index in [2.05, 4.69) is 31.6 Å². The van der Waals surface area contributed by atoms with E-state index in [4.69, 9.17) is 22.3 Å². The summed E-state index contributed by atoms with van der Waals surface area (Å²) in [5.41, 5.74) is 17.8. The third-order valence-corrected chi connectivity index (χ3v) is 11.8. The van der Waals surface area contributed by atoms with Crippen LogP contribution in [0.25, 0.3) is 0 Å². The molecule has 386 valence electrons. The van der Waals surface area contributed by atoms with Crippen LogP contribution in [0.4, 0.5) is 5.69 Å². The van der Waals surface area contributed by atoms with Gasteiger partial charge in [0.15, 0.2) is 17.6 Å². The SMILES string of the molecule is C[C@H](NC(=O)[C@H](N)[C@H](O)C(=O)O)C(=O)N[C@@H](C(=O)N(C(=O)[C@H](C)N[C@@H]1CCCN(O)C1=O)C(=O)[C@@H](N)CCCCNC(=O)[C@@H]1CCN=C2[C@@H](NC(=O)CCC(N)=O)Cc3cc(O)c(O)cc3N21)[C@@H](C)O. The Morgan fingerprint density at radius 2 is 1.54 bits per heavy atom. The second-order valence-electron chi connectivity index (χ2n) is 17.2. The number of aliphatic carboxylic acids is 1. The molecule has 4 rings (SSSR count). The van der Waals surface area contributed by atoms with Gasteiger partial charge in [-0.3, -0.25) is 58.7 Å². The Morgan fingerprint density at radius 3 is 2.19 bits per heavy atom. The summed E-state index contributed by atoms with van der Waals surface area (Å²) in [6.07, 6.45) is -3.63. The highest BCUT2D eigenvalue weighted by Crippen LogP contribution is 2.40. The van der Waals surface area contributed by atoms with Gasteiger partial charge in [-0.25, -0.2) is 14.8 Å². The fraction of sp³-hybridized carbons (Fsp3) is 0.595. The molecule has 17 N–H and O–H groups in total. The molecule has 0 aliphatic carbocycles. The molecule has 0 bridgehead atoms. The Labute approximate surface area is 400 Å². The van der Waals surface area contributed by atoms with Crippen LogP contribution in [-0.2, 0) is 54.4 Å². The number of carbonyl (C=O) groups excluding carboxylic acids is 9. The fourth-order valence-electron chi connectivity index (χ4n) is 7.90. The standard InChI is InChI=1S/C42H62N12O16/c1-18(49-37(63)31(45)33(60)42(68)69)35(61)51-32(20(3)55)41(67)54(38(64)19(2)48-23-8-6-14-52(70)40(23)66)39(65)22(43)7-4-5-12-47-36(62)25-11-13-46-34-24(50-30(59)10-9-29(44)58)15-21-16-27(56)28(57)17-26(21)53(25)34/h16-20,22-25,31-33,48,55-57,60,70H,4-15,43,45H2,1-3H3,(H2,44,58)(H,47,62)(H,49,63)(H,50,59)(H,51,61)(H,68,69)/t18-,19-,20+,22-,23+,24-,25-,31+,32+,33-/m0/s1. The van der Waals surface area contributed by atoms with Gasteiger partial charge in [-0.05, 0) is 70.9 Å². The molecule has 0 aromatic heterocycles. The van der Waals surface area contributed by atoms with Crippen LogP contribution in [-0.4, -0.2) is 186 Å². The van der Waals surface area contributed by atoms with Crippen LogP contribution < -0.4 is 48.7 Å². The number of anilines is 1. The number of amidine groups is 1. The predicted octanol–water partition coefficient (Wildman–Crippen LogP) is -5.62. The highest BCUT2D eigenvalue weighted by atomic mass is 16.5. The van der Waals surface area contributed by atoms with Gasteiger partial charge in [0.1, 0.15) is 30.0 Å². The van der Waals surface area contributed by atoms with Crippen LogP contribution in [0.15, 0.2) is 17.1 Å². The van der Waals surface area contributed by atoms with E-state index in [9.17, 15) is 73.6 Å². The van der Waals surface area contributed by atoms with Crippen molar-refractivity contribution in [3.8, 4) is 11.5 Å². The molecular formula is C42H62N12O16. The number of aromatic hydroxyl groups is 2.